The van der Waals surface area contributed by atoms with E-state index in [2.05, 4.69) is 39.6 Å². The van der Waals surface area contributed by atoms with Crippen LogP contribution in [0.3, 0.4) is 0 Å². The van der Waals surface area contributed by atoms with E-state index >= 15 is 0 Å². The average molecular weight is 299 g/mol. The van der Waals surface area contributed by atoms with Crippen molar-refractivity contribution in [1.82, 2.24) is 4.90 Å². The van der Waals surface area contributed by atoms with Gasteiger partial charge >= 0.3 is 0 Å². The lowest BCUT2D eigenvalue weighted by atomic mass is 9.91. The van der Waals surface area contributed by atoms with Gasteiger partial charge in [0.05, 0.1) is 37.1 Å². The normalized spacial score (nSPS) is 29.0. The fourth-order valence-corrected chi connectivity index (χ4v) is 3.23. The van der Waals surface area contributed by atoms with Crippen molar-refractivity contribution in [3.8, 4) is 0 Å². The van der Waals surface area contributed by atoms with E-state index in [0.717, 1.165) is 18.8 Å². The predicted molar refractivity (Wildman–Crippen MR) is 84.6 cm³/mol. The Morgan fingerprint density at radius 3 is 2.33 bits per heavy atom. The lowest BCUT2D eigenvalue weighted by Crippen LogP contribution is -2.45. The molecule has 4 nitrogen and oxygen atoms in total. The molecule has 0 N–H and O–H groups in total. The summed E-state index contributed by atoms with van der Waals surface area (Å²) in [7, 11) is 2.17. The molecule has 2 rings (SSSR count). The van der Waals surface area contributed by atoms with Gasteiger partial charge in [-0.05, 0) is 59.9 Å². The van der Waals surface area contributed by atoms with Gasteiger partial charge in [-0.15, -0.1) is 0 Å². The quantitative estimate of drug-likeness (QED) is 0.645. The van der Waals surface area contributed by atoms with Crippen molar-refractivity contribution in [3.63, 3.8) is 0 Å². The van der Waals surface area contributed by atoms with E-state index in [1.165, 1.54) is 19.5 Å². The van der Waals surface area contributed by atoms with Gasteiger partial charge in [0.15, 0.2) is 0 Å². The Balaban J connectivity index is 1.42. The number of rotatable bonds is 8. The van der Waals surface area contributed by atoms with Crippen LogP contribution < -0.4 is 0 Å². The molecule has 1 heterocycles. The van der Waals surface area contributed by atoms with E-state index in [9.17, 15) is 0 Å². The van der Waals surface area contributed by atoms with Crippen molar-refractivity contribution >= 4 is 0 Å². The minimum absolute atomic E-state index is 0.0379. The molecule has 0 aromatic carbocycles. The van der Waals surface area contributed by atoms with Crippen LogP contribution in [0.5, 0.6) is 0 Å². The Morgan fingerprint density at radius 1 is 1.10 bits per heavy atom. The van der Waals surface area contributed by atoms with Crippen molar-refractivity contribution in [2.75, 3.05) is 33.4 Å². The van der Waals surface area contributed by atoms with Crippen LogP contribution >= 0.6 is 0 Å². The van der Waals surface area contributed by atoms with Crippen LogP contribution in [0, 0.1) is 5.92 Å². The highest BCUT2D eigenvalue weighted by atomic mass is 16.5. The van der Waals surface area contributed by atoms with Gasteiger partial charge in [-0.25, -0.2) is 0 Å². The molecule has 0 spiro atoms. The van der Waals surface area contributed by atoms with Crippen molar-refractivity contribution in [2.24, 2.45) is 5.92 Å². The number of likely N-dealkylation sites (tertiary alicyclic amines) is 1. The van der Waals surface area contributed by atoms with Gasteiger partial charge in [0, 0.05) is 13.1 Å². The third kappa shape index (κ3) is 6.23. The molecule has 1 aliphatic heterocycles. The van der Waals surface area contributed by atoms with Gasteiger partial charge in [-0.3, -0.25) is 0 Å². The largest absolute Gasteiger partial charge is 0.376 e. The highest BCUT2D eigenvalue weighted by Gasteiger charge is 2.33. The SMILES string of the molecule is CC(CC1CN(C)C1)OCCOC1CC(OC(C)(C)C)C1. The second-order valence-corrected chi connectivity index (χ2v) is 7.82. The van der Waals surface area contributed by atoms with Crippen molar-refractivity contribution < 1.29 is 14.2 Å². The van der Waals surface area contributed by atoms with Gasteiger partial charge < -0.3 is 19.1 Å². The molecule has 4 heteroatoms. The van der Waals surface area contributed by atoms with E-state index in [-0.39, 0.29) is 5.60 Å². The van der Waals surface area contributed by atoms with Crippen molar-refractivity contribution in [1.29, 1.82) is 0 Å². The molecule has 0 aromatic heterocycles. The van der Waals surface area contributed by atoms with Crippen molar-refractivity contribution in [3.05, 3.63) is 0 Å². The predicted octanol–water partition coefficient (Wildman–Crippen LogP) is 2.71. The maximum Gasteiger partial charge on any atom is 0.0704 e. The Bertz CT molecular complexity index is 304. The number of hydrogen-bond acceptors (Lipinski definition) is 4. The summed E-state index contributed by atoms with van der Waals surface area (Å²) in [5.41, 5.74) is -0.0379. The highest BCUT2D eigenvalue weighted by molar-refractivity contribution is 4.83. The maximum atomic E-state index is 5.90. The van der Waals surface area contributed by atoms with Crippen LogP contribution in [-0.4, -0.2) is 62.2 Å². The first-order valence-corrected chi connectivity index (χ1v) is 8.41. The number of hydrogen-bond donors (Lipinski definition) is 0. The van der Waals surface area contributed by atoms with E-state index in [1.54, 1.807) is 0 Å². The van der Waals surface area contributed by atoms with Crippen LogP contribution in [-0.2, 0) is 14.2 Å². The molecule has 2 fully saturated rings. The van der Waals surface area contributed by atoms with Crippen LogP contribution in [0.15, 0.2) is 0 Å². The Hall–Kier alpha value is -0.160. The number of ether oxygens (including phenoxy) is 3. The van der Waals surface area contributed by atoms with E-state index in [4.69, 9.17) is 14.2 Å². The van der Waals surface area contributed by atoms with Gasteiger partial charge in [-0.1, -0.05) is 0 Å². The van der Waals surface area contributed by atoms with Gasteiger partial charge in [-0.2, -0.15) is 0 Å². The zero-order chi connectivity index (χ0) is 15.5. The average Bonchev–Trinajstić information content (AvgIpc) is 2.27. The molecular formula is C17H33NO3. The molecule has 1 atom stereocenters. The lowest BCUT2D eigenvalue weighted by Gasteiger charge is -2.39. The van der Waals surface area contributed by atoms with E-state index in [0.29, 0.717) is 31.5 Å². The molecule has 0 aromatic rings. The minimum atomic E-state index is -0.0379. The zero-order valence-corrected chi connectivity index (χ0v) is 14.4. The van der Waals surface area contributed by atoms with Crippen LogP contribution in [0.2, 0.25) is 0 Å². The monoisotopic (exact) mass is 299 g/mol. The number of nitrogens with zero attached hydrogens (tertiary/aromatic N) is 1. The lowest BCUT2D eigenvalue weighted by molar-refractivity contribution is -0.153. The van der Waals surface area contributed by atoms with Crippen LogP contribution in [0.4, 0.5) is 0 Å². The minimum Gasteiger partial charge on any atom is -0.376 e. The van der Waals surface area contributed by atoms with Crippen LogP contribution in [0.1, 0.15) is 47.0 Å². The smallest absolute Gasteiger partial charge is 0.0704 e. The second-order valence-electron chi connectivity index (χ2n) is 7.82. The summed E-state index contributed by atoms with van der Waals surface area (Å²) >= 11 is 0. The third-order valence-electron chi connectivity index (χ3n) is 4.22. The Labute approximate surface area is 130 Å². The first-order chi connectivity index (χ1) is 9.82. The first-order valence-electron chi connectivity index (χ1n) is 8.41. The molecule has 1 saturated heterocycles. The molecule has 0 bridgehead atoms. The molecular weight excluding hydrogens is 266 g/mol. The van der Waals surface area contributed by atoms with Gasteiger partial charge in [0.1, 0.15) is 0 Å². The fourth-order valence-electron chi connectivity index (χ4n) is 3.23. The zero-order valence-electron chi connectivity index (χ0n) is 14.4. The maximum absolute atomic E-state index is 5.90. The molecule has 0 radical (unpaired) electrons. The molecule has 1 aliphatic carbocycles. The third-order valence-corrected chi connectivity index (χ3v) is 4.22. The Morgan fingerprint density at radius 2 is 1.76 bits per heavy atom. The van der Waals surface area contributed by atoms with Gasteiger partial charge in [0.25, 0.3) is 0 Å². The molecule has 0 amide bonds. The summed E-state index contributed by atoms with van der Waals surface area (Å²) in [6, 6.07) is 0. The van der Waals surface area contributed by atoms with Crippen molar-refractivity contribution in [2.45, 2.75) is 70.9 Å². The summed E-state index contributed by atoms with van der Waals surface area (Å²) in [5, 5.41) is 0. The summed E-state index contributed by atoms with van der Waals surface area (Å²) in [5.74, 6) is 0.827. The Kier molecular flexibility index (Phi) is 6.06. The van der Waals surface area contributed by atoms with E-state index in [1.807, 2.05) is 0 Å². The van der Waals surface area contributed by atoms with Gasteiger partial charge in [0.2, 0.25) is 0 Å². The standard InChI is InChI=1S/C17H33NO3/c1-13(8-14-11-18(5)12-14)19-6-7-20-15-9-16(10-15)21-17(2,3)4/h13-16H,6-12H2,1-5H3. The highest BCUT2D eigenvalue weighted by Crippen LogP contribution is 2.29. The molecule has 1 unspecified atom stereocenters. The first kappa shape index (κ1) is 17.2. The van der Waals surface area contributed by atoms with Crippen LogP contribution in [0.25, 0.3) is 0 Å². The molecule has 2 aliphatic rings. The second kappa shape index (κ2) is 7.40. The summed E-state index contributed by atoms with van der Waals surface area (Å²) in [6.07, 6.45) is 4.34. The fraction of sp³-hybridized carbons (Fsp3) is 1.00. The summed E-state index contributed by atoms with van der Waals surface area (Å²) in [4.78, 5) is 2.35. The topological polar surface area (TPSA) is 30.9 Å². The summed E-state index contributed by atoms with van der Waals surface area (Å²) in [6.45, 7) is 12.4. The molecule has 1 saturated carbocycles. The molecule has 124 valence electrons. The van der Waals surface area contributed by atoms with E-state index < -0.39 is 0 Å². The summed E-state index contributed by atoms with van der Waals surface area (Å²) < 4.78 is 17.6. The molecule has 21 heavy (non-hydrogen) atoms.